The standard InChI is InChI=1S/C21H20N6O5/c28-19-14-4-1-6-22-16(14)20(29)17-18(19)26(27(31)23-17)8-3-7-24-9-11-25(12-10-24)21(30)15-5-2-13-32-15/h1-2,4-6,13H,3,7-12H2. The van der Waals surface area contributed by atoms with Crippen molar-refractivity contribution >= 4 is 17.5 Å². The fraction of sp³-hybridized carbons (Fsp3) is 0.333. The van der Waals surface area contributed by atoms with E-state index in [0.717, 1.165) is 0 Å². The molecule has 0 aromatic carbocycles. The molecule has 2 aliphatic rings. The summed E-state index contributed by atoms with van der Waals surface area (Å²) in [4.78, 5) is 46.1. The van der Waals surface area contributed by atoms with Crippen LogP contribution in [0.2, 0.25) is 0 Å². The van der Waals surface area contributed by atoms with Crippen LogP contribution in [0.1, 0.15) is 49.2 Å². The van der Waals surface area contributed by atoms with Gasteiger partial charge in [0.15, 0.2) is 11.5 Å². The molecular formula is C21H20N6O5. The van der Waals surface area contributed by atoms with E-state index in [1.807, 2.05) is 0 Å². The molecule has 0 bridgehead atoms. The van der Waals surface area contributed by atoms with E-state index < -0.39 is 11.6 Å². The van der Waals surface area contributed by atoms with Gasteiger partial charge in [-0.25, -0.2) is 0 Å². The average Bonchev–Trinajstić information content (AvgIpc) is 3.46. The number of nitrogens with zero attached hydrogens (tertiary/aromatic N) is 6. The number of rotatable bonds is 5. The van der Waals surface area contributed by atoms with Crippen LogP contribution >= 0.6 is 0 Å². The first-order chi connectivity index (χ1) is 15.5. The first-order valence-corrected chi connectivity index (χ1v) is 10.3. The molecule has 1 fully saturated rings. The van der Waals surface area contributed by atoms with Crippen LogP contribution in [0.3, 0.4) is 0 Å². The van der Waals surface area contributed by atoms with Crippen LogP contribution in [0.15, 0.2) is 41.1 Å². The van der Waals surface area contributed by atoms with Gasteiger partial charge in [-0.3, -0.25) is 24.3 Å². The highest BCUT2D eigenvalue weighted by molar-refractivity contribution is 6.26. The van der Waals surface area contributed by atoms with E-state index in [4.69, 9.17) is 4.42 Å². The van der Waals surface area contributed by atoms with Crippen molar-refractivity contribution in [1.29, 1.82) is 0 Å². The van der Waals surface area contributed by atoms with Crippen molar-refractivity contribution in [3.63, 3.8) is 0 Å². The second-order valence-electron chi connectivity index (χ2n) is 7.70. The Labute approximate surface area is 182 Å². The number of carbonyl (C=O) groups excluding carboxylic acids is 3. The molecule has 3 aromatic rings. The molecule has 0 saturated carbocycles. The number of hydrogen-bond donors (Lipinski definition) is 0. The Balaban J connectivity index is 1.21. The predicted octanol–water partition coefficient (Wildman–Crippen LogP) is 0.128. The number of furan rings is 1. The summed E-state index contributed by atoms with van der Waals surface area (Å²) in [6, 6.07) is 6.45. The molecule has 3 aromatic heterocycles. The van der Waals surface area contributed by atoms with Crippen molar-refractivity contribution in [2.24, 2.45) is 0 Å². The Morgan fingerprint density at radius 2 is 1.88 bits per heavy atom. The minimum absolute atomic E-state index is 0.0133. The maximum absolute atomic E-state index is 12.9. The van der Waals surface area contributed by atoms with E-state index in [0.29, 0.717) is 49.9 Å². The predicted molar refractivity (Wildman–Crippen MR) is 108 cm³/mol. The van der Waals surface area contributed by atoms with Crippen LogP contribution in [-0.4, -0.2) is 74.8 Å². The lowest BCUT2D eigenvalue weighted by Crippen LogP contribution is -2.49. The zero-order chi connectivity index (χ0) is 22.2. The normalized spacial score (nSPS) is 16.2. The minimum Gasteiger partial charge on any atom is -0.571 e. The molecular weight excluding hydrogens is 416 g/mol. The van der Waals surface area contributed by atoms with Gasteiger partial charge in [0.1, 0.15) is 5.69 Å². The number of fused-ring (bicyclic) bond motifs is 2. The molecule has 0 atom stereocenters. The maximum atomic E-state index is 12.9. The van der Waals surface area contributed by atoms with Gasteiger partial charge in [-0.1, -0.05) is 0 Å². The summed E-state index contributed by atoms with van der Waals surface area (Å²) in [7, 11) is 0. The molecule has 0 unspecified atom stereocenters. The number of ketones is 2. The number of pyridine rings is 1. The highest BCUT2D eigenvalue weighted by Crippen LogP contribution is 2.24. The Hall–Kier alpha value is -3.86. The lowest BCUT2D eigenvalue weighted by Gasteiger charge is -2.34. The highest BCUT2D eigenvalue weighted by atomic mass is 16.5. The SMILES string of the molecule is O=C1c2ncccc2C(=O)c2c1n[n+]([O-])n2CCCN1CCN(C(=O)c2ccco2)CC1. The van der Waals surface area contributed by atoms with Gasteiger partial charge in [0, 0.05) is 49.0 Å². The molecule has 0 N–H and O–H groups in total. The van der Waals surface area contributed by atoms with Gasteiger partial charge in [0.25, 0.3) is 5.91 Å². The quantitative estimate of drug-likeness (QED) is 0.319. The summed E-state index contributed by atoms with van der Waals surface area (Å²) in [6.07, 6.45) is 3.49. The maximum Gasteiger partial charge on any atom is 0.289 e. The fourth-order valence-electron chi connectivity index (χ4n) is 4.15. The van der Waals surface area contributed by atoms with Gasteiger partial charge in [-0.15, -0.1) is 4.68 Å². The summed E-state index contributed by atoms with van der Waals surface area (Å²) in [5.41, 5.74) is 0.0712. The topological polar surface area (TPSA) is 128 Å². The van der Waals surface area contributed by atoms with Crippen molar-refractivity contribution < 1.29 is 23.8 Å². The zero-order valence-electron chi connectivity index (χ0n) is 17.1. The smallest absolute Gasteiger partial charge is 0.289 e. The molecule has 0 spiro atoms. The third-order valence-electron chi connectivity index (χ3n) is 5.81. The third-order valence-corrected chi connectivity index (χ3v) is 5.81. The summed E-state index contributed by atoms with van der Waals surface area (Å²) < 4.78 is 6.39. The van der Waals surface area contributed by atoms with E-state index in [2.05, 4.69) is 15.0 Å². The van der Waals surface area contributed by atoms with Crippen molar-refractivity contribution in [2.75, 3.05) is 32.7 Å². The molecule has 1 aliphatic carbocycles. The first-order valence-electron chi connectivity index (χ1n) is 10.3. The van der Waals surface area contributed by atoms with Crippen molar-refractivity contribution in [1.82, 2.24) is 24.6 Å². The van der Waals surface area contributed by atoms with Crippen LogP contribution in [0.5, 0.6) is 0 Å². The molecule has 0 radical (unpaired) electrons. The average molecular weight is 436 g/mol. The molecule has 4 heterocycles. The molecule has 1 aliphatic heterocycles. The first kappa shape index (κ1) is 20.1. The van der Waals surface area contributed by atoms with E-state index in [1.54, 1.807) is 23.1 Å². The van der Waals surface area contributed by atoms with Gasteiger partial charge >= 0.3 is 0 Å². The number of aromatic nitrogens is 4. The second-order valence-corrected chi connectivity index (χ2v) is 7.70. The van der Waals surface area contributed by atoms with Gasteiger partial charge in [0.05, 0.1) is 18.4 Å². The number of piperazine rings is 1. The van der Waals surface area contributed by atoms with E-state index in [-0.39, 0.29) is 35.1 Å². The van der Waals surface area contributed by atoms with Crippen molar-refractivity contribution in [2.45, 2.75) is 13.0 Å². The summed E-state index contributed by atoms with van der Waals surface area (Å²) in [6.45, 7) is 3.48. The number of amides is 1. The summed E-state index contributed by atoms with van der Waals surface area (Å²) in [5, 5.41) is 16.1. The summed E-state index contributed by atoms with van der Waals surface area (Å²) >= 11 is 0. The van der Waals surface area contributed by atoms with E-state index in [9.17, 15) is 19.6 Å². The van der Waals surface area contributed by atoms with Crippen LogP contribution in [0.25, 0.3) is 0 Å². The van der Waals surface area contributed by atoms with Crippen LogP contribution < -0.4 is 4.96 Å². The van der Waals surface area contributed by atoms with Crippen LogP contribution in [-0.2, 0) is 6.54 Å². The molecule has 32 heavy (non-hydrogen) atoms. The molecule has 11 nitrogen and oxygen atoms in total. The lowest BCUT2D eigenvalue weighted by molar-refractivity contribution is -0.749. The second kappa shape index (κ2) is 8.00. The van der Waals surface area contributed by atoms with E-state index in [1.165, 1.54) is 23.2 Å². The van der Waals surface area contributed by atoms with Crippen molar-refractivity contribution in [3.05, 3.63) is 70.3 Å². The third kappa shape index (κ3) is 3.36. The van der Waals surface area contributed by atoms with Crippen LogP contribution in [0.4, 0.5) is 0 Å². The molecule has 164 valence electrons. The van der Waals surface area contributed by atoms with Gasteiger partial charge in [-0.05, 0) is 30.7 Å². The Morgan fingerprint density at radius 1 is 1.06 bits per heavy atom. The molecule has 5 rings (SSSR count). The van der Waals surface area contributed by atoms with E-state index >= 15 is 0 Å². The monoisotopic (exact) mass is 436 g/mol. The highest BCUT2D eigenvalue weighted by Gasteiger charge is 2.40. The largest absolute Gasteiger partial charge is 0.571 e. The zero-order valence-corrected chi connectivity index (χ0v) is 17.1. The van der Waals surface area contributed by atoms with Gasteiger partial charge in [-0.2, -0.15) is 0 Å². The van der Waals surface area contributed by atoms with Gasteiger partial charge < -0.3 is 14.5 Å². The number of hydrogen-bond acceptors (Lipinski definition) is 8. The molecule has 1 amide bonds. The Bertz CT molecular complexity index is 1190. The van der Waals surface area contributed by atoms with Crippen molar-refractivity contribution in [3.8, 4) is 0 Å². The molecule has 1 saturated heterocycles. The Kier molecular flexibility index (Phi) is 5.02. The fourth-order valence-corrected chi connectivity index (χ4v) is 4.15. The Morgan fingerprint density at radius 3 is 2.62 bits per heavy atom. The lowest BCUT2D eigenvalue weighted by atomic mass is 9.94. The van der Waals surface area contributed by atoms with Crippen LogP contribution in [0, 0.1) is 5.21 Å². The number of carbonyl (C=O) groups is 3. The summed E-state index contributed by atoms with van der Waals surface area (Å²) in [5.74, 6) is -0.727. The minimum atomic E-state index is -0.518. The molecule has 11 heteroatoms. The van der Waals surface area contributed by atoms with Gasteiger partial charge in [0.2, 0.25) is 17.3 Å².